The molecular weight excluding hydrogens is 352 g/mol. The smallest absolute Gasteiger partial charge is 0.260 e. The zero-order valence-electron chi connectivity index (χ0n) is 12.3. The Kier molecular flexibility index (Phi) is 5.81. The van der Waals surface area contributed by atoms with Crippen molar-refractivity contribution in [2.24, 2.45) is 10.7 Å². The van der Waals surface area contributed by atoms with Gasteiger partial charge in [0.1, 0.15) is 10.7 Å². The summed E-state index contributed by atoms with van der Waals surface area (Å²) in [7, 11) is 1.63. The quantitative estimate of drug-likeness (QED) is 0.550. The molecule has 0 saturated heterocycles. The molecule has 0 saturated carbocycles. The molecule has 0 amide bonds. The minimum Gasteiger partial charge on any atom is -0.379 e. The zero-order valence-corrected chi connectivity index (χ0v) is 14.7. The van der Waals surface area contributed by atoms with Crippen LogP contribution >= 0.6 is 35.5 Å². The normalized spacial score (nSPS) is 11.4. The second-order valence-corrected chi connectivity index (χ2v) is 6.41. The fourth-order valence-corrected chi connectivity index (χ4v) is 3.62. The highest BCUT2D eigenvalue weighted by atomic mass is 35.5. The molecule has 2 heterocycles. The molecule has 0 atom stereocenters. The van der Waals surface area contributed by atoms with Gasteiger partial charge in [0, 0.05) is 18.0 Å². The van der Waals surface area contributed by atoms with E-state index in [4.69, 9.17) is 5.73 Å². The SMILES string of the molecule is CN=C(N)SCc1nc2scc(-c3ccccc3)c2c(=O)[nH]1.Cl. The van der Waals surface area contributed by atoms with Crippen molar-refractivity contribution < 1.29 is 0 Å². The maximum absolute atomic E-state index is 12.4. The van der Waals surface area contributed by atoms with Gasteiger partial charge >= 0.3 is 0 Å². The van der Waals surface area contributed by atoms with Gasteiger partial charge in [-0.1, -0.05) is 42.1 Å². The van der Waals surface area contributed by atoms with Gasteiger partial charge < -0.3 is 10.7 Å². The molecule has 0 aliphatic rings. The predicted molar refractivity (Wildman–Crippen MR) is 102 cm³/mol. The number of aromatic amines is 1. The Morgan fingerprint density at radius 1 is 1.39 bits per heavy atom. The van der Waals surface area contributed by atoms with Crippen molar-refractivity contribution >= 4 is 50.9 Å². The lowest BCUT2D eigenvalue weighted by atomic mass is 10.1. The summed E-state index contributed by atoms with van der Waals surface area (Å²) in [5.41, 5.74) is 7.47. The number of thiophene rings is 1. The Labute approximate surface area is 147 Å². The highest BCUT2D eigenvalue weighted by Gasteiger charge is 2.12. The van der Waals surface area contributed by atoms with E-state index in [1.165, 1.54) is 23.1 Å². The van der Waals surface area contributed by atoms with Crippen LogP contribution in [0.15, 0.2) is 45.5 Å². The molecule has 0 aliphatic heterocycles. The second kappa shape index (κ2) is 7.63. The first-order valence-electron chi connectivity index (χ1n) is 6.60. The number of fused-ring (bicyclic) bond motifs is 1. The van der Waals surface area contributed by atoms with Crippen LogP contribution in [0.4, 0.5) is 0 Å². The number of thioether (sulfide) groups is 1. The number of nitrogens with two attached hydrogens (primary N) is 1. The van der Waals surface area contributed by atoms with Gasteiger partial charge in [-0.25, -0.2) is 4.98 Å². The number of H-pyrrole nitrogens is 1. The first kappa shape index (κ1) is 17.5. The van der Waals surface area contributed by atoms with Gasteiger partial charge in [-0.05, 0) is 5.56 Å². The molecule has 3 rings (SSSR count). The van der Waals surface area contributed by atoms with Crippen LogP contribution in [0, 0.1) is 0 Å². The molecular formula is C15H15ClN4OS2. The van der Waals surface area contributed by atoms with Crippen LogP contribution in [0.2, 0.25) is 0 Å². The summed E-state index contributed by atoms with van der Waals surface area (Å²) in [6, 6.07) is 9.85. The Hall–Kier alpha value is -1.83. The van der Waals surface area contributed by atoms with Crippen LogP contribution in [0.1, 0.15) is 5.82 Å². The van der Waals surface area contributed by atoms with Gasteiger partial charge in [0.25, 0.3) is 5.56 Å². The lowest BCUT2D eigenvalue weighted by molar-refractivity contribution is 1.05. The molecule has 23 heavy (non-hydrogen) atoms. The molecule has 0 radical (unpaired) electrons. The maximum Gasteiger partial charge on any atom is 0.260 e. The molecule has 3 N–H and O–H groups in total. The highest BCUT2D eigenvalue weighted by molar-refractivity contribution is 8.13. The standard InChI is InChI=1S/C15H14N4OS2.ClH/c1-17-15(16)22-8-11-18-13(20)12-10(7-21-14(12)19-11)9-5-3-2-4-6-9;/h2-7H,8H2,1H3,(H2,16,17)(H,18,19,20);1H. The summed E-state index contributed by atoms with van der Waals surface area (Å²) in [6.45, 7) is 0. The summed E-state index contributed by atoms with van der Waals surface area (Å²) in [5, 5.41) is 3.09. The monoisotopic (exact) mass is 366 g/mol. The van der Waals surface area contributed by atoms with E-state index in [2.05, 4.69) is 15.0 Å². The molecule has 0 fully saturated rings. The molecule has 1 aromatic carbocycles. The number of benzene rings is 1. The summed E-state index contributed by atoms with van der Waals surface area (Å²) in [6.07, 6.45) is 0. The summed E-state index contributed by atoms with van der Waals surface area (Å²) in [5.74, 6) is 1.10. The summed E-state index contributed by atoms with van der Waals surface area (Å²) < 4.78 is 0. The van der Waals surface area contributed by atoms with Crippen molar-refractivity contribution in [2.45, 2.75) is 5.75 Å². The molecule has 0 aliphatic carbocycles. The predicted octanol–water partition coefficient (Wildman–Crippen LogP) is 3.25. The van der Waals surface area contributed by atoms with Crippen LogP contribution in [0.25, 0.3) is 21.3 Å². The van der Waals surface area contributed by atoms with Gasteiger partial charge in [0.2, 0.25) is 0 Å². The number of amidine groups is 1. The number of hydrogen-bond acceptors (Lipinski definition) is 5. The number of aliphatic imine (C=N–C) groups is 1. The first-order chi connectivity index (χ1) is 10.7. The summed E-state index contributed by atoms with van der Waals surface area (Å²) >= 11 is 2.82. The van der Waals surface area contributed by atoms with Crippen molar-refractivity contribution in [3.8, 4) is 11.1 Å². The molecule has 5 nitrogen and oxygen atoms in total. The molecule has 8 heteroatoms. The van der Waals surface area contributed by atoms with Gasteiger partial charge in [-0.2, -0.15) is 0 Å². The van der Waals surface area contributed by atoms with E-state index in [9.17, 15) is 4.79 Å². The lowest BCUT2D eigenvalue weighted by Gasteiger charge is -2.02. The van der Waals surface area contributed by atoms with Gasteiger partial charge in [0.15, 0.2) is 5.17 Å². The first-order valence-corrected chi connectivity index (χ1v) is 8.46. The molecule has 0 unspecified atom stereocenters. The maximum atomic E-state index is 12.4. The van der Waals surface area contributed by atoms with Crippen molar-refractivity contribution in [2.75, 3.05) is 7.05 Å². The summed E-state index contributed by atoms with van der Waals surface area (Å²) in [4.78, 5) is 24.4. The van der Waals surface area contributed by atoms with Gasteiger partial charge in [-0.15, -0.1) is 23.7 Å². The Balaban J connectivity index is 0.00000192. The molecule has 0 bridgehead atoms. The van der Waals surface area contributed by atoms with Crippen LogP contribution in [-0.4, -0.2) is 22.2 Å². The Morgan fingerprint density at radius 3 is 2.83 bits per heavy atom. The van der Waals surface area contributed by atoms with Crippen molar-refractivity contribution in [1.82, 2.24) is 9.97 Å². The van der Waals surface area contributed by atoms with E-state index in [0.717, 1.165) is 16.0 Å². The number of rotatable bonds is 3. The Bertz CT molecular complexity index is 889. The number of aromatic nitrogens is 2. The fraction of sp³-hybridized carbons (Fsp3) is 0.133. The molecule has 3 aromatic rings. The minimum atomic E-state index is -0.118. The number of hydrogen-bond donors (Lipinski definition) is 2. The van der Waals surface area contributed by atoms with E-state index in [0.29, 0.717) is 22.1 Å². The third-order valence-corrected chi connectivity index (χ3v) is 4.92. The number of halogens is 1. The van der Waals surface area contributed by atoms with E-state index < -0.39 is 0 Å². The zero-order chi connectivity index (χ0) is 15.5. The molecule has 2 aromatic heterocycles. The van der Waals surface area contributed by atoms with Crippen molar-refractivity contribution in [3.05, 3.63) is 51.9 Å². The van der Waals surface area contributed by atoms with E-state index in [1.807, 2.05) is 35.7 Å². The second-order valence-electron chi connectivity index (χ2n) is 4.56. The molecule has 120 valence electrons. The largest absolute Gasteiger partial charge is 0.379 e. The number of nitrogens with zero attached hydrogens (tertiary/aromatic N) is 2. The topological polar surface area (TPSA) is 84.1 Å². The van der Waals surface area contributed by atoms with E-state index in [1.54, 1.807) is 7.05 Å². The van der Waals surface area contributed by atoms with Crippen LogP contribution in [0.3, 0.4) is 0 Å². The van der Waals surface area contributed by atoms with Crippen LogP contribution in [-0.2, 0) is 5.75 Å². The third kappa shape index (κ3) is 3.74. The fourth-order valence-electron chi connectivity index (χ4n) is 2.10. The van der Waals surface area contributed by atoms with Crippen LogP contribution < -0.4 is 11.3 Å². The average molecular weight is 367 g/mol. The van der Waals surface area contributed by atoms with Gasteiger partial charge in [-0.3, -0.25) is 9.79 Å². The lowest BCUT2D eigenvalue weighted by Crippen LogP contribution is -2.12. The highest BCUT2D eigenvalue weighted by Crippen LogP contribution is 2.30. The Morgan fingerprint density at radius 2 is 2.13 bits per heavy atom. The third-order valence-electron chi connectivity index (χ3n) is 3.15. The van der Waals surface area contributed by atoms with Crippen molar-refractivity contribution in [1.29, 1.82) is 0 Å². The van der Waals surface area contributed by atoms with E-state index >= 15 is 0 Å². The van der Waals surface area contributed by atoms with Crippen molar-refractivity contribution in [3.63, 3.8) is 0 Å². The number of nitrogens with one attached hydrogen (secondary N) is 1. The average Bonchev–Trinajstić information content (AvgIpc) is 2.98. The van der Waals surface area contributed by atoms with Gasteiger partial charge in [0.05, 0.1) is 11.1 Å². The molecule has 0 spiro atoms. The minimum absolute atomic E-state index is 0. The van der Waals surface area contributed by atoms with E-state index in [-0.39, 0.29) is 18.0 Å². The van der Waals surface area contributed by atoms with Crippen LogP contribution in [0.5, 0.6) is 0 Å².